The molecule has 1 fully saturated rings. The van der Waals surface area contributed by atoms with Crippen LogP contribution in [0.3, 0.4) is 0 Å². The highest BCUT2D eigenvalue weighted by Gasteiger charge is 2.16. The normalized spacial score (nSPS) is 18.1. The average molecular weight is 227 g/mol. The lowest BCUT2D eigenvalue weighted by molar-refractivity contribution is -0.116. The maximum atomic E-state index is 11.3. The summed E-state index contributed by atoms with van der Waals surface area (Å²) in [4.78, 5) is 24.2. The Balaban J connectivity index is 2.09. The zero-order valence-electron chi connectivity index (χ0n) is 10.1. The van der Waals surface area contributed by atoms with E-state index in [1.54, 1.807) is 0 Å². The minimum atomic E-state index is -0.242. The molecule has 0 unspecified atom stereocenters. The molecule has 16 heavy (non-hydrogen) atoms. The zero-order chi connectivity index (χ0) is 12.0. The minimum Gasteiger partial charge on any atom is -0.338 e. The maximum absolute atomic E-state index is 11.3. The van der Waals surface area contributed by atoms with Gasteiger partial charge in [0.15, 0.2) is 0 Å². The van der Waals surface area contributed by atoms with Crippen LogP contribution in [0, 0.1) is 5.92 Å². The van der Waals surface area contributed by atoms with Crippen molar-refractivity contribution in [2.45, 2.75) is 19.8 Å². The number of carbonyl (C=O) groups is 2. The van der Waals surface area contributed by atoms with Gasteiger partial charge in [-0.15, -0.1) is 0 Å². The molecule has 2 amide bonds. The molecule has 0 bridgehead atoms. The van der Waals surface area contributed by atoms with Crippen molar-refractivity contribution in [2.75, 3.05) is 33.2 Å². The van der Waals surface area contributed by atoms with Gasteiger partial charge in [0.1, 0.15) is 5.78 Å². The van der Waals surface area contributed by atoms with Gasteiger partial charge in [0, 0.05) is 6.54 Å². The van der Waals surface area contributed by atoms with Gasteiger partial charge in [0.25, 0.3) is 0 Å². The maximum Gasteiger partial charge on any atom is 0.315 e. The van der Waals surface area contributed by atoms with Crippen LogP contribution in [0.4, 0.5) is 4.79 Å². The van der Waals surface area contributed by atoms with E-state index in [4.69, 9.17) is 0 Å². The lowest BCUT2D eigenvalue weighted by Gasteiger charge is -2.28. The molecule has 0 spiro atoms. The molecule has 1 rings (SSSR count). The molecule has 0 aromatic heterocycles. The number of Topliss-reactive ketones (excluding diaryl/α,β-unsaturated/α-hetero) is 1. The second-order valence-electron chi connectivity index (χ2n) is 4.51. The lowest BCUT2D eigenvalue weighted by atomic mass is 9.97. The Morgan fingerprint density at radius 2 is 1.88 bits per heavy atom. The lowest BCUT2D eigenvalue weighted by Crippen LogP contribution is -2.42. The summed E-state index contributed by atoms with van der Waals surface area (Å²) in [5.74, 6) is 0.536. The van der Waals surface area contributed by atoms with Crippen LogP contribution in [0.15, 0.2) is 0 Å². The first-order valence-corrected chi connectivity index (χ1v) is 5.77. The SMILES string of the molecule is CC(=O)CNC(=O)NCC1CCN(C)CC1. The van der Waals surface area contributed by atoms with Crippen molar-refractivity contribution >= 4 is 11.8 Å². The summed E-state index contributed by atoms with van der Waals surface area (Å²) < 4.78 is 0. The van der Waals surface area contributed by atoms with Crippen molar-refractivity contribution in [3.05, 3.63) is 0 Å². The number of carbonyl (C=O) groups excluding carboxylic acids is 2. The van der Waals surface area contributed by atoms with Gasteiger partial charge in [0.2, 0.25) is 0 Å². The summed E-state index contributed by atoms with van der Waals surface area (Å²) in [7, 11) is 2.11. The van der Waals surface area contributed by atoms with Crippen molar-refractivity contribution in [3.63, 3.8) is 0 Å². The van der Waals surface area contributed by atoms with E-state index in [2.05, 4.69) is 22.6 Å². The van der Waals surface area contributed by atoms with Crippen LogP contribution in [-0.2, 0) is 4.79 Å². The molecule has 1 aliphatic heterocycles. The number of amides is 2. The van der Waals surface area contributed by atoms with E-state index in [-0.39, 0.29) is 18.4 Å². The summed E-state index contributed by atoms with van der Waals surface area (Å²) in [5, 5.41) is 5.32. The Bertz CT molecular complexity index is 248. The fourth-order valence-electron chi connectivity index (χ4n) is 1.77. The van der Waals surface area contributed by atoms with Crippen LogP contribution in [0.1, 0.15) is 19.8 Å². The topological polar surface area (TPSA) is 61.4 Å². The molecule has 1 aliphatic rings. The first kappa shape index (κ1) is 13.0. The molecule has 0 aromatic carbocycles. The van der Waals surface area contributed by atoms with E-state index in [9.17, 15) is 9.59 Å². The highest BCUT2D eigenvalue weighted by atomic mass is 16.2. The largest absolute Gasteiger partial charge is 0.338 e. The van der Waals surface area contributed by atoms with Crippen LogP contribution >= 0.6 is 0 Å². The number of hydrogen-bond acceptors (Lipinski definition) is 3. The third kappa shape index (κ3) is 5.11. The molecule has 0 radical (unpaired) electrons. The van der Waals surface area contributed by atoms with Crippen LogP contribution in [0.25, 0.3) is 0 Å². The molecular weight excluding hydrogens is 206 g/mol. The first-order valence-electron chi connectivity index (χ1n) is 5.77. The second kappa shape index (κ2) is 6.48. The molecule has 5 heteroatoms. The van der Waals surface area contributed by atoms with Gasteiger partial charge in [-0.1, -0.05) is 0 Å². The molecule has 5 nitrogen and oxygen atoms in total. The molecule has 0 atom stereocenters. The Labute approximate surface area is 96.6 Å². The highest BCUT2D eigenvalue weighted by molar-refractivity contribution is 5.83. The van der Waals surface area contributed by atoms with E-state index >= 15 is 0 Å². The fourth-order valence-corrected chi connectivity index (χ4v) is 1.77. The minimum absolute atomic E-state index is 0.0329. The van der Waals surface area contributed by atoms with Crippen molar-refractivity contribution in [1.82, 2.24) is 15.5 Å². The number of likely N-dealkylation sites (tertiary alicyclic amines) is 1. The number of piperidine rings is 1. The van der Waals surface area contributed by atoms with Gasteiger partial charge in [-0.3, -0.25) is 4.79 Å². The number of nitrogens with one attached hydrogen (secondary N) is 2. The highest BCUT2D eigenvalue weighted by Crippen LogP contribution is 2.14. The van der Waals surface area contributed by atoms with E-state index in [1.165, 1.54) is 6.92 Å². The smallest absolute Gasteiger partial charge is 0.315 e. The quantitative estimate of drug-likeness (QED) is 0.722. The molecule has 92 valence electrons. The fraction of sp³-hybridized carbons (Fsp3) is 0.818. The Morgan fingerprint density at radius 3 is 2.44 bits per heavy atom. The number of rotatable bonds is 4. The monoisotopic (exact) mass is 227 g/mol. The summed E-state index contributed by atoms with van der Waals surface area (Å²) in [6.45, 7) is 4.47. The average Bonchev–Trinajstić information content (AvgIpc) is 2.25. The second-order valence-corrected chi connectivity index (χ2v) is 4.51. The molecule has 0 aromatic rings. The molecule has 0 aliphatic carbocycles. The van der Waals surface area contributed by atoms with Crippen LogP contribution < -0.4 is 10.6 Å². The third-order valence-electron chi connectivity index (χ3n) is 2.89. The van der Waals surface area contributed by atoms with Gasteiger partial charge < -0.3 is 15.5 Å². The molecule has 1 saturated heterocycles. The Kier molecular flexibility index (Phi) is 5.25. The number of hydrogen-bond donors (Lipinski definition) is 2. The van der Waals surface area contributed by atoms with Gasteiger partial charge >= 0.3 is 6.03 Å². The van der Waals surface area contributed by atoms with Crippen LogP contribution in [-0.4, -0.2) is 49.9 Å². The Hall–Kier alpha value is -1.10. The molecule has 1 heterocycles. The predicted octanol–water partition coefficient (Wildman–Crippen LogP) is 0.216. The van der Waals surface area contributed by atoms with E-state index in [0.29, 0.717) is 12.5 Å². The summed E-state index contributed by atoms with van der Waals surface area (Å²) >= 11 is 0. The van der Waals surface area contributed by atoms with Crippen LogP contribution in [0.5, 0.6) is 0 Å². The van der Waals surface area contributed by atoms with Crippen molar-refractivity contribution in [2.24, 2.45) is 5.92 Å². The van der Waals surface area contributed by atoms with Crippen molar-refractivity contribution in [3.8, 4) is 0 Å². The number of ketones is 1. The van der Waals surface area contributed by atoms with Gasteiger partial charge in [-0.2, -0.15) is 0 Å². The van der Waals surface area contributed by atoms with E-state index in [0.717, 1.165) is 25.9 Å². The molecule has 0 saturated carbocycles. The Morgan fingerprint density at radius 1 is 1.25 bits per heavy atom. The summed E-state index contributed by atoms with van der Waals surface area (Å²) in [6.07, 6.45) is 2.26. The van der Waals surface area contributed by atoms with Gasteiger partial charge in [-0.25, -0.2) is 4.79 Å². The van der Waals surface area contributed by atoms with Crippen molar-refractivity contribution < 1.29 is 9.59 Å². The van der Waals surface area contributed by atoms with Gasteiger partial charge in [0.05, 0.1) is 6.54 Å². The van der Waals surface area contributed by atoms with E-state index < -0.39 is 0 Å². The molecular formula is C11H21N3O2. The summed E-state index contributed by atoms with van der Waals surface area (Å²) in [5.41, 5.74) is 0. The first-order chi connectivity index (χ1) is 7.58. The molecule has 2 N–H and O–H groups in total. The van der Waals surface area contributed by atoms with E-state index in [1.807, 2.05) is 0 Å². The number of urea groups is 1. The van der Waals surface area contributed by atoms with Crippen LogP contribution in [0.2, 0.25) is 0 Å². The third-order valence-corrected chi connectivity index (χ3v) is 2.89. The predicted molar refractivity (Wildman–Crippen MR) is 62.3 cm³/mol. The van der Waals surface area contributed by atoms with Crippen molar-refractivity contribution in [1.29, 1.82) is 0 Å². The number of nitrogens with zero attached hydrogens (tertiary/aromatic N) is 1. The standard InChI is InChI=1S/C11H21N3O2/c1-9(15)7-12-11(16)13-8-10-3-5-14(2)6-4-10/h10H,3-8H2,1-2H3,(H2,12,13,16). The van der Waals surface area contributed by atoms with Gasteiger partial charge in [-0.05, 0) is 45.8 Å². The zero-order valence-corrected chi connectivity index (χ0v) is 10.1. The summed E-state index contributed by atoms with van der Waals surface area (Å²) in [6, 6.07) is -0.242.